The minimum absolute atomic E-state index is 0.885. The second kappa shape index (κ2) is 7.49. The van der Waals surface area contributed by atoms with Crippen LogP contribution in [0.15, 0.2) is 24.4 Å². The average Bonchev–Trinajstić information content (AvgIpc) is 2.45. The smallest absolute Gasteiger partial charge is 0.0416 e. The van der Waals surface area contributed by atoms with Crippen LogP contribution in [-0.4, -0.2) is 43.1 Å². The van der Waals surface area contributed by atoms with E-state index in [4.69, 9.17) is 0 Å². The summed E-state index contributed by atoms with van der Waals surface area (Å²) in [5.74, 6) is 0.885. The predicted molar refractivity (Wildman–Crippen MR) is 75.6 cm³/mol. The highest BCUT2D eigenvalue weighted by atomic mass is 15.1. The molecule has 1 aliphatic rings. The summed E-state index contributed by atoms with van der Waals surface area (Å²) in [5, 5.41) is 3.49. The zero-order valence-corrected chi connectivity index (χ0v) is 11.4. The Morgan fingerprint density at radius 3 is 3.06 bits per heavy atom. The molecule has 1 atom stereocenters. The van der Waals surface area contributed by atoms with Crippen molar-refractivity contribution in [1.82, 2.24) is 15.2 Å². The van der Waals surface area contributed by atoms with E-state index in [9.17, 15) is 0 Å². The molecule has 0 spiro atoms. The summed E-state index contributed by atoms with van der Waals surface area (Å²) in [6, 6.07) is 6.15. The Morgan fingerprint density at radius 1 is 1.39 bits per heavy atom. The van der Waals surface area contributed by atoms with Gasteiger partial charge in [0, 0.05) is 24.9 Å². The molecule has 2 heterocycles. The van der Waals surface area contributed by atoms with Crippen LogP contribution in [0.3, 0.4) is 0 Å². The van der Waals surface area contributed by atoms with Crippen LogP contribution in [0.2, 0.25) is 0 Å². The number of piperidine rings is 1. The Labute approximate surface area is 111 Å². The highest BCUT2D eigenvalue weighted by Gasteiger charge is 2.13. The fourth-order valence-corrected chi connectivity index (χ4v) is 2.54. The maximum Gasteiger partial charge on any atom is 0.0416 e. The Bertz CT molecular complexity index is 320. The fraction of sp³-hybridized carbons (Fsp3) is 0.667. The molecule has 0 bridgehead atoms. The van der Waals surface area contributed by atoms with E-state index >= 15 is 0 Å². The average molecular weight is 247 g/mol. The van der Waals surface area contributed by atoms with Gasteiger partial charge in [-0.05, 0) is 64.0 Å². The SMILES string of the molecule is CN(CCc1ccccn1)CC[C@H]1CCCNC1. The third kappa shape index (κ3) is 4.75. The number of likely N-dealkylation sites (N-methyl/N-ethyl adjacent to an activating group) is 1. The Morgan fingerprint density at radius 2 is 2.33 bits per heavy atom. The topological polar surface area (TPSA) is 28.2 Å². The van der Waals surface area contributed by atoms with Crippen LogP contribution in [0.5, 0.6) is 0 Å². The number of nitrogens with one attached hydrogen (secondary N) is 1. The summed E-state index contributed by atoms with van der Waals surface area (Å²) in [5.41, 5.74) is 1.20. The van der Waals surface area contributed by atoms with Crippen molar-refractivity contribution in [3.05, 3.63) is 30.1 Å². The molecular formula is C15H25N3. The van der Waals surface area contributed by atoms with Gasteiger partial charge in [-0.2, -0.15) is 0 Å². The van der Waals surface area contributed by atoms with Gasteiger partial charge in [-0.15, -0.1) is 0 Å². The minimum atomic E-state index is 0.885. The number of hydrogen-bond donors (Lipinski definition) is 1. The van der Waals surface area contributed by atoms with Crippen LogP contribution in [0, 0.1) is 5.92 Å². The normalized spacial score (nSPS) is 20.2. The van der Waals surface area contributed by atoms with Crippen molar-refractivity contribution in [2.24, 2.45) is 5.92 Å². The van der Waals surface area contributed by atoms with Crippen LogP contribution in [0.1, 0.15) is 25.0 Å². The Balaban J connectivity index is 1.61. The molecule has 3 heteroatoms. The second-order valence-electron chi connectivity index (χ2n) is 5.38. The monoisotopic (exact) mass is 247 g/mol. The van der Waals surface area contributed by atoms with Gasteiger partial charge in [-0.1, -0.05) is 6.07 Å². The number of aromatic nitrogens is 1. The first-order valence-corrected chi connectivity index (χ1v) is 7.14. The van der Waals surface area contributed by atoms with Gasteiger partial charge in [-0.25, -0.2) is 0 Å². The maximum absolute atomic E-state index is 4.36. The molecule has 18 heavy (non-hydrogen) atoms. The summed E-state index contributed by atoms with van der Waals surface area (Å²) in [7, 11) is 2.22. The zero-order chi connectivity index (χ0) is 12.6. The molecule has 1 saturated heterocycles. The number of hydrogen-bond acceptors (Lipinski definition) is 3. The Hall–Kier alpha value is -0.930. The summed E-state index contributed by atoms with van der Waals surface area (Å²) in [6.45, 7) is 4.75. The molecule has 1 fully saturated rings. The predicted octanol–water partition coefficient (Wildman–Crippen LogP) is 1.95. The van der Waals surface area contributed by atoms with E-state index in [0.717, 1.165) is 18.9 Å². The summed E-state index contributed by atoms with van der Waals surface area (Å²) >= 11 is 0. The molecule has 0 radical (unpaired) electrons. The van der Waals surface area contributed by atoms with E-state index in [1.165, 1.54) is 44.6 Å². The maximum atomic E-state index is 4.36. The van der Waals surface area contributed by atoms with Crippen molar-refractivity contribution in [1.29, 1.82) is 0 Å². The van der Waals surface area contributed by atoms with Crippen LogP contribution >= 0.6 is 0 Å². The van der Waals surface area contributed by atoms with E-state index in [1.807, 2.05) is 12.3 Å². The van der Waals surface area contributed by atoms with Gasteiger partial charge < -0.3 is 10.2 Å². The highest BCUT2D eigenvalue weighted by molar-refractivity contribution is 5.03. The van der Waals surface area contributed by atoms with Gasteiger partial charge in [0.1, 0.15) is 0 Å². The molecule has 100 valence electrons. The van der Waals surface area contributed by atoms with Crippen molar-refractivity contribution >= 4 is 0 Å². The molecule has 0 aromatic carbocycles. The van der Waals surface area contributed by atoms with Gasteiger partial charge >= 0.3 is 0 Å². The lowest BCUT2D eigenvalue weighted by Gasteiger charge is -2.25. The lowest BCUT2D eigenvalue weighted by molar-refractivity contribution is 0.275. The molecule has 1 aliphatic heterocycles. The first-order valence-electron chi connectivity index (χ1n) is 7.14. The standard InChI is InChI=1S/C15H25N3/c1-18(11-7-14-5-4-9-16-13-14)12-8-15-6-2-3-10-17-15/h2-3,6,10,14,16H,4-5,7-9,11-13H2,1H3/t14-/m1/s1. The van der Waals surface area contributed by atoms with E-state index in [-0.39, 0.29) is 0 Å². The van der Waals surface area contributed by atoms with Gasteiger partial charge in [0.15, 0.2) is 0 Å². The zero-order valence-electron chi connectivity index (χ0n) is 11.4. The molecule has 1 N–H and O–H groups in total. The summed E-state index contributed by atoms with van der Waals surface area (Å²) < 4.78 is 0. The number of rotatable bonds is 6. The van der Waals surface area contributed by atoms with E-state index < -0.39 is 0 Å². The van der Waals surface area contributed by atoms with Crippen molar-refractivity contribution in [3.63, 3.8) is 0 Å². The fourth-order valence-electron chi connectivity index (χ4n) is 2.54. The third-order valence-electron chi connectivity index (χ3n) is 3.79. The van der Waals surface area contributed by atoms with Crippen LogP contribution < -0.4 is 5.32 Å². The molecular weight excluding hydrogens is 222 g/mol. The quantitative estimate of drug-likeness (QED) is 0.833. The number of pyridine rings is 1. The molecule has 3 nitrogen and oxygen atoms in total. The lowest BCUT2D eigenvalue weighted by atomic mass is 9.96. The van der Waals surface area contributed by atoms with Gasteiger partial charge in [0.05, 0.1) is 0 Å². The first kappa shape index (κ1) is 13.5. The van der Waals surface area contributed by atoms with Crippen LogP contribution in [-0.2, 0) is 6.42 Å². The highest BCUT2D eigenvalue weighted by Crippen LogP contribution is 2.14. The van der Waals surface area contributed by atoms with Crippen LogP contribution in [0.25, 0.3) is 0 Å². The molecule has 0 unspecified atom stereocenters. The first-order chi connectivity index (χ1) is 8.84. The molecule has 1 aromatic rings. The second-order valence-corrected chi connectivity index (χ2v) is 5.38. The van der Waals surface area contributed by atoms with Crippen LogP contribution in [0.4, 0.5) is 0 Å². The van der Waals surface area contributed by atoms with Crippen molar-refractivity contribution in [3.8, 4) is 0 Å². The summed E-state index contributed by atoms with van der Waals surface area (Å²) in [6.07, 6.45) is 7.01. The van der Waals surface area contributed by atoms with E-state index in [1.54, 1.807) is 0 Å². The number of nitrogens with zero attached hydrogens (tertiary/aromatic N) is 2. The third-order valence-corrected chi connectivity index (χ3v) is 3.79. The van der Waals surface area contributed by atoms with Crippen molar-refractivity contribution in [2.75, 3.05) is 33.2 Å². The minimum Gasteiger partial charge on any atom is -0.316 e. The molecule has 0 amide bonds. The van der Waals surface area contributed by atoms with E-state index in [0.29, 0.717) is 0 Å². The van der Waals surface area contributed by atoms with Crippen molar-refractivity contribution in [2.45, 2.75) is 25.7 Å². The van der Waals surface area contributed by atoms with Gasteiger partial charge in [-0.3, -0.25) is 4.98 Å². The van der Waals surface area contributed by atoms with Gasteiger partial charge in [0.25, 0.3) is 0 Å². The largest absolute Gasteiger partial charge is 0.316 e. The molecule has 0 saturated carbocycles. The van der Waals surface area contributed by atoms with E-state index in [2.05, 4.69) is 34.4 Å². The lowest BCUT2D eigenvalue weighted by Crippen LogP contribution is -2.32. The van der Waals surface area contributed by atoms with Gasteiger partial charge in [0.2, 0.25) is 0 Å². The van der Waals surface area contributed by atoms with Crippen molar-refractivity contribution < 1.29 is 0 Å². The Kier molecular flexibility index (Phi) is 5.62. The molecule has 1 aromatic heterocycles. The summed E-state index contributed by atoms with van der Waals surface area (Å²) in [4.78, 5) is 6.80. The molecule has 2 rings (SSSR count). The molecule has 0 aliphatic carbocycles.